The molecule has 1 fully saturated rings. The van der Waals surface area contributed by atoms with E-state index in [9.17, 15) is 18.0 Å². The predicted octanol–water partition coefficient (Wildman–Crippen LogP) is 4.56. The first-order valence-corrected chi connectivity index (χ1v) is 9.05. The molecule has 1 aliphatic carbocycles. The summed E-state index contributed by atoms with van der Waals surface area (Å²) in [7, 11) is 1.29. The van der Waals surface area contributed by atoms with Gasteiger partial charge in [0.1, 0.15) is 11.5 Å². The van der Waals surface area contributed by atoms with Crippen LogP contribution >= 0.6 is 0 Å². The van der Waals surface area contributed by atoms with Crippen LogP contribution in [0.2, 0.25) is 0 Å². The van der Waals surface area contributed by atoms with Crippen molar-refractivity contribution in [1.29, 1.82) is 0 Å². The standard InChI is InChI=1S/C20H23F3N2O3/c1-19(2,3)16-10-17(25(28-16)11-12-5-6-12)24-18(26)14-9-13(20(21,22)23)7-8-15(14)27-4/h7-10,12H,5-6,11H2,1-4H3/b24-17+. The van der Waals surface area contributed by atoms with Gasteiger partial charge in [-0.25, -0.2) is 0 Å². The summed E-state index contributed by atoms with van der Waals surface area (Å²) < 4.78 is 51.6. The minimum Gasteiger partial charge on any atom is -0.496 e. The van der Waals surface area contributed by atoms with Crippen LogP contribution in [0.1, 0.15) is 55.3 Å². The zero-order valence-corrected chi connectivity index (χ0v) is 16.3. The number of rotatable bonds is 4. The average Bonchev–Trinajstić information content (AvgIpc) is 3.32. The van der Waals surface area contributed by atoms with Crippen LogP contribution in [0.5, 0.6) is 5.75 Å². The number of methoxy groups -OCH3 is 1. The summed E-state index contributed by atoms with van der Waals surface area (Å²) in [5.74, 6) is 0.343. The fraction of sp³-hybridized carbons (Fsp3) is 0.500. The molecular weight excluding hydrogens is 373 g/mol. The van der Waals surface area contributed by atoms with Gasteiger partial charge < -0.3 is 9.26 Å². The number of hydrogen-bond donors (Lipinski definition) is 0. The van der Waals surface area contributed by atoms with Crippen molar-refractivity contribution in [1.82, 2.24) is 4.74 Å². The lowest BCUT2D eigenvalue weighted by Gasteiger charge is -2.13. The summed E-state index contributed by atoms with van der Waals surface area (Å²) in [6, 6.07) is 4.43. The van der Waals surface area contributed by atoms with Crippen LogP contribution in [-0.4, -0.2) is 17.8 Å². The maximum Gasteiger partial charge on any atom is 0.416 e. The topological polar surface area (TPSA) is 56.7 Å². The van der Waals surface area contributed by atoms with Crippen LogP contribution in [0, 0.1) is 5.92 Å². The van der Waals surface area contributed by atoms with Crippen LogP contribution in [-0.2, 0) is 18.1 Å². The molecule has 2 aromatic rings. The van der Waals surface area contributed by atoms with E-state index in [-0.39, 0.29) is 16.7 Å². The lowest BCUT2D eigenvalue weighted by Crippen LogP contribution is -2.19. The van der Waals surface area contributed by atoms with Crippen molar-refractivity contribution in [3.05, 3.63) is 46.6 Å². The number of nitrogens with zero attached hydrogens (tertiary/aromatic N) is 2. The van der Waals surface area contributed by atoms with Gasteiger partial charge in [-0.15, -0.1) is 0 Å². The number of amides is 1. The largest absolute Gasteiger partial charge is 0.496 e. The predicted molar refractivity (Wildman–Crippen MR) is 96.0 cm³/mol. The highest BCUT2D eigenvalue weighted by Crippen LogP contribution is 2.33. The molecule has 1 heterocycles. The highest BCUT2D eigenvalue weighted by Gasteiger charge is 2.32. The minimum atomic E-state index is -4.57. The molecule has 0 unspecified atom stereocenters. The number of benzene rings is 1. The molecule has 152 valence electrons. The number of hydrogen-bond acceptors (Lipinski definition) is 3. The summed E-state index contributed by atoms with van der Waals surface area (Å²) in [6.45, 7) is 6.49. The van der Waals surface area contributed by atoms with Crippen LogP contribution in [0.25, 0.3) is 0 Å². The lowest BCUT2D eigenvalue weighted by molar-refractivity contribution is -0.137. The molecule has 0 saturated heterocycles. The Balaban J connectivity index is 2.06. The number of alkyl halides is 3. The van der Waals surface area contributed by atoms with Gasteiger partial charge in [0, 0.05) is 11.5 Å². The van der Waals surface area contributed by atoms with Gasteiger partial charge >= 0.3 is 6.18 Å². The number of ether oxygens (including phenoxy) is 1. The molecule has 1 aromatic heterocycles. The molecule has 5 nitrogen and oxygen atoms in total. The zero-order valence-electron chi connectivity index (χ0n) is 16.3. The highest BCUT2D eigenvalue weighted by atomic mass is 19.4. The second-order valence-corrected chi connectivity index (χ2v) is 8.04. The Morgan fingerprint density at radius 2 is 1.93 bits per heavy atom. The summed E-state index contributed by atoms with van der Waals surface area (Å²) in [6.07, 6.45) is -2.41. The Morgan fingerprint density at radius 1 is 1.25 bits per heavy atom. The van der Waals surface area contributed by atoms with Gasteiger partial charge in [-0.1, -0.05) is 20.8 Å². The third-order valence-electron chi connectivity index (χ3n) is 4.56. The number of carbonyl (C=O) groups excluding carboxylic acids is 1. The van der Waals surface area contributed by atoms with E-state index in [4.69, 9.17) is 9.26 Å². The van der Waals surface area contributed by atoms with Gasteiger partial charge in [0.05, 0.1) is 24.8 Å². The first-order valence-electron chi connectivity index (χ1n) is 9.05. The molecular formula is C20H23F3N2O3. The molecule has 0 spiro atoms. The van der Waals surface area contributed by atoms with Crippen LogP contribution < -0.4 is 10.2 Å². The summed E-state index contributed by atoms with van der Waals surface area (Å²) in [5, 5.41) is 0. The van der Waals surface area contributed by atoms with Crippen molar-refractivity contribution in [3.8, 4) is 5.75 Å². The van der Waals surface area contributed by atoms with E-state index in [0.29, 0.717) is 23.7 Å². The van der Waals surface area contributed by atoms with E-state index >= 15 is 0 Å². The molecule has 0 aliphatic heterocycles. The van der Waals surface area contributed by atoms with Crippen molar-refractivity contribution in [2.24, 2.45) is 10.9 Å². The van der Waals surface area contributed by atoms with Crippen molar-refractivity contribution >= 4 is 5.91 Å². The van der Waals surface area contributed by atoms with E-state index in [1.54, 1.807) is 10.8 Å². The molecule has 0 N–H and O–H groups in total. The fourth-order valence-corrected chi connectivity index (χ4v) is 2.70. The van der Waals surface area contributed by atoms with E-state index < -0.39 is 17.6 Å². The third-order valence-corrected chi connectivity index (χ3v) is 4.56. The Morgan fingerprint density at radius 3 is 2.46 bits per heavy atom. The van der Waals surface area contributed by atoms with Crippen LogP contribution in [0.15, 0.2) is 33.8 Å². The molecule has 1 saturated carbocycles. The zero-order chi connectivity index (χ0) is 20.7. The SMILES string of the molecule is COc1ccc(C(F)(F)F)cc1C(=O)/N=c1\cc(C(C)(C)C)on1CC1CC1. The van der Waals surface area contributed by atoms with Gasteiger partial charge in [0.25, 0.3) is 5.91 Å². The summed E-state index contributed by atoms with van der Waals surface area (Å²) in [4.78, 5) is 16.8. The van der Waals surface area contributed by atoms with Gasteiger partial charge in [-0.3, -0.25) is 4.79 Å². The Kier molecular flexibility index (Phi) is 5.16. The monoisotopic (exact) mass is 396 g/mol. The molecule has 1 aromatic carbocycles. The Labute approximate surface area is 160 Å². The van der Waals surface area contributed by atoms with Crippen molar-refractivity contribution < 1.29 is 27.2 Å². The number of halogens is 3. The van der Waals surface area contributed by atoms with E-state index in [1.165, 1.54) is 7.11 Å². The molecule has 0 radical (unpaired) electrons. The lowest BCUT2D eigenvalue weighted by atomic mass is 9.94. The normalized spacial score (nSPS) is 15.8. The van der Waals surface area contributed by atoms with E-state index in [2.05, 4.69) is 4.99 Å². The summed E-state index contributed by atoms with van der Waals surface area (Å²) >= 11 is 0. The average molecular weight is 396 g/mol. The van der Waals surface area contributed by atoms with Gasteiger partial charge in [-0.05, 0) is 37.0 Å². The van der Waals surface area contributed by atoms with Gasteiger partial charge in [0.2, 0.25) is 0 Å². The minimum absolute atomic E-state index is 0.0371. The maximum absolute atomic E-state index is 13.0. The van der Waals surface area contributed by atoms with Gasteiger partial charge in [-0.2, -0.15) is 22.9 Å². The maximum atomic E-state index is 13.0. The Bertz CT molecular complexity index is 945. The van der Waals surface area contributed by atoms with E-state index in [1.807, 2.05) is 20.8 Å². The first kappa shape index (κ1) is 20.2. The molecule has 1 aliphatic rings. The first-order chi connectivity index (χ1) is 13.0. The fourth-order valence-electron chi connectivity index (χ4n) is 2.70. The van der Waals surface area contributed by atoms with Crippen molar-refractivity contribution in [2.75, 3.05) is 7.11 Å². The molecule has 0 bridgehead atoms. The smallest absolute Gasteiger partial charge is 0.416 e. The molecule has 3 rings (SSSR count). The molecule has 0 atom stereocenters. The molecule has 1 amide bonds. The Hall–Kier alpha value is -2.51. The van der Waals surface area contributed by atoms with E-state index in [0.717, 1.165) is 31.0 Å². The quantitative estimate of drug-likeness (QED) is 0.761. The second-order valence-electron chi connectivity index (χ2n) is 8.04. The number of carbonyl (C=O) groups is 1. The highest BCUT2D eigenvalue weighted by molar-refractivity contribution is 5.97. The van der Waals surface area contributed by atoms with Crippen LogP contribution in [0.3, 0.4) is 0 Å². The third kappa shape index (κ3) is 4.48. The van der Waals surface area contributed by atoms with Gasteiger partial charge in [0.15, 0.2) is 5.49 Å². The molecule has 8 heteroatoms. The number of aromatic nitrogens is 1. The van der Waals surface area contributed by atoms with Crippen molar-refractivity contribution in [3.63, 3.8) is 0 Å². The van der Waals surface area contributed by atoms with Crippen molar-refractivity contribution in [2.45, 2.75) is 51.7 Å². The van der Waals surface area contributed by atoms with Crippen LogP contribution in [0.4, 0.5) is 13.2 Å². The second kappa shape index (κ2) is 7.14. The molecule has 28 heavy (non-hydrogen) atoms. The summed E-state index contributed by atoms with van der Waals surface area (Å²) in [5.41, 5.74) is -1.17.